The van der Waals surface area contributed by atoms with Gasteiger partial charge in [-0.2, -0.15) is 0 Å². The number of piperidine rings is 2. The Morgan fingerprint density at radius 3 is 1.50 bits per heavy atom. The Balaban J connectivity index is 1.24. The van der Waals surface area contributed by atoms with Crippen molar-refractivity contribution in [2.24, 2.45) is 5.92 Å². The van der Waals surface area contributed by atoms with Gasteiger partial charge in [0.05, 0.1) is 50.1 Å². The number of nitrogens with zero attached hydrogens (tertiary/aromatic N) is 4. The predicted molar refractivity (Wildman–Crippen MR) is 158 cm³/mol. The number of aliphatic carboxylic acids is 2. The fraction of sp³-hybridized carbons (Fsp3) is 0.871. The molecule has 1 saturated carbocycles. The van der Waals surface area contributed by atoms with Gasteiger partial charge >= 0.3 is 11.9 Å². The lowest BCUT2D eigenvalue weighted by atomic mass is 9.86. The molecule has 1 aliphatic carbocycles. The molecule has 4 saturated heterocycles. The maximum Gasteiger partial charge on any atom is 0.317 e. The van der Waals surface area contributed by atoms with Crippen molar-refractivity contribution in [3.05, 3.63) is 0 Å². The fourth-order valence-corrected chi connectivity index (χ4v) is 8.34. The van der Waals surface area contributed by atoms with E-state index in [0.29, 0.717) is 70.8 Å². The Labute approximate surface area is 259 Å². The van der Waals surface area contributed by atoms with Gasteiger partial charge in [0.1, 0.15) is 0 Å². The van der Waals surface area contributed by atoms with E-state index in [4.69, 9.17) is 9.47 Å². The van der Waals surface area contributed by atoms with Gasteiger partial charge in [-0.05, 0) is 50.9 Å². The average molecular weight is 623 g/mol. The molecule has 5 fully saturated rings. The normalized spacial score (nSPS) is 30.0. The van der Waals surface area contributed by atoms with Crippen LogP contribution in [0.3, 0.4) is 0 Å². The summed E-state index contributed by atoms with van der Waals surface area (Å²) >= 11 is 0. The molecule has 13 nitrogen and oxygen atoms in total. The summed E-state index contributed by atoms with van der Waals surface area (Å²) in [4.78, 5) is 57.9. The van der Waals surface area contributed by atoms with E-state index in [1.165, 1.54) is 0 Å². The van der Waals surface area contributed by atoms with Crippen LogP contribution in [0, 0.1) is 5.92 Å². The maximum absolute atomic E-state index is 13.5. The molecule has 4 heterocycles. The summed E-state index contributed by atoms with van der Waals surface area (Å²) in [6, 6.07) is -0.748. The van der Waals surface area contributed by atoms with Crippen LogP contribution in [-0.2, 0) is 28.7 Å². The summed E-state index contributed by atoms with van der Waals surface area (Å²) in [7, 11) is 0. The van der Waals surface area contributed by atoms with Crippen LogP contribution in [0.5, 0.6) is 0 Å². The topological polar surface area (TPSA) is 160 Å². The Kier molecular flexibility index (Phi) is 10.5. The highest BCUT2D eigenvalue weighted by Crippen LogP contribution is 2.39. The summed E-state index contributed by atoms with van der Waals surface area (Å²) in [5.41, 5.74) is -0.553. The van der Waals surface area contributed by atoms with Crippen molar-refractivity contribution in [3.8, 4) is 0 Å². The molecule has 4 atom stereocenters. The number of hydrogen-bond acceptors (Lipinski definition) is 9. The van der Waals surface area contributed by atoms with Gasteiger partial charge < -0.3 is 34.6 Å². The lowest BCUT2D eigenvalue weighted by molar-refractivity contribution is -0.148. The van der Waals surface area contributed by atoms with Crippen LogP contribution in [0.2, 0.25) is 0 Å². The summed E-state index contributed by atoms with van der Waals surface area (Å²) in [6.07, 6.45) is 6.77. The molecular weight excluding hydrogens is 572 g/mol. The maximum atomic E-state index is 13.5. The molecule has 248 valence electrons. The monoisotopic (exact) mass is 622 g/mol. The lowest BCUT2D eigenvalue weighted by Gasteiger charge is -2.45. The summed E-state index contributed by atoms with van der Waals surface area (Å²) in [5, 5.41) is 29.6. The van der Waals surface area contributed by atoms with E-state index in [2.05, 4.69) is 6.92 Å². The number of aliphatic hydroxyl groups excluding tert-OH is 1. The van der Waals surface area contributed by atoms with E-state index in [1.54, 1.807) is 19.6 Å². The van der Waals surface area contributed by atoms with Crippen molar-refractivity contribution >= 4 is 23.8 Å². The Morgan fingerprint density at radius 2 is 1.14 bits per heavy atom. The summed E-state index contributed by atoms with van der Waals surface area (Å²) in [5.74, 6) is -1.89. The number of carboxylic acid groups (broad SMARTS) is 2. The number of hydrogen-bond donors (Lipinski definition) is 3. The summed E-state index contributed by atoms with van der Waals surface area (Å²) in [6.45, 7) is 4.49. The van der Waals surface area contributed by atoms with Gasteiger partial charge in [0.25, 0.3) is 0 Å². The zero-order valence-corrected chi connectivity index (χ0v) is 26.0. The Morgan fingerprint density at radius 1 is 0.705 bits per heavy atom. The van der Waals surface area contributed by atoms with E-state index in [-0.39, 0.29) is 55.7 Å². The van der Waals surface area contributed by atoms with Crippen molar-refractivity contribution < 1.29 is 44.0 Å². The van der Waals surface area contributed by atoms with Gasteiger partial charge in [0.2, 0.25) is 11.8 Å². The molecule has 0 bridgehead atoms. The van der Waals surface area contributed by atoms with Crippen molar-refractivity contribution in [2.45, 2.75) is 101 Å². The third-order valence-electron chi connectivity index (χ3n) is 10.6. The average Bonchev–Trinajstić information content (AvgIpc) is 3.53. The van der Waals surface area contributed by atoms with E-state index in [0.717, 1.165) is 38.7 Å². The van der Waals surface area contributed by atoms with Crippen LogP contribution >= 0.6 is 0 Å². The molecule has 13 heteroatoms. The highest BCUT2D eigenvalue weighted by Gasteiger charge is 2.45. The molecule has 5 aliphatic rings. The van der Waals surface area contributed by atoms with Gasteiger partial charge in [0, 0.05) is 51.3 Å². The van der Waals surface area contributed by atoms with Gasteiger partial charge in [-0.3, -0.25) is 29.0 Å². The molecule has 5 rings (SSSR count). The first-order valence-corrected chi connectivity index (χ1v) is 16.4. The van der Waals surface area contributed by atoms with Crippen LogP contribution < -0.4 is 0 Å². The van der Waals surface area contributed by atoms with Gasteiger partial charge in [0.15, 0.2) is 0 Å². The highest BCUT2D eigenvalue weighted by atomic mass is 16.5. The predicted octanol–water partition coefficient (Wildman–Crippen LogP) is 0.631. The molecule has 0 aromatic rings. The number of ether oxygens (including phenoxy) is 2. The zero-order chi connectivity index (χ0) is 31.5. The number of rotatable bonds is 10. The van der Waals surface area contributed by atoms with E-state index < -0.39 is 23.6 Å². The first-order valence-electron chi connectivity index (χ1n) is 16.4. The van der Waals surface area contributed by atoms with Gasteiger partial charge in [-0.15, -0.1) is 0 Å². The molecule has 2 spiro atoms. The lowest BCUT2D eigenvalue weighted by Crippen LogP contribution is -2.59. The molecule has 0 aromatic heterocycles. The largest absolute Gasteiger partial charge is 0.480 e. The van der Waals surface area contributed by atoms with E-state index in [9.17, 15) is 34.5 Å². The van der Waals surface area contributed by atoms with Crippen LogP contribution in [-0.4, -0.2) is 154 Å². The van der Waals surface area contributed by atoms with Crippen LogP contribution in [0.4, 0.5) is 0 Å². The second-order valence-electron chi connectivity index (χ2n) is 13.9. The third kappa shape index (κ3) is 7.90. The number of amides is 2. The molecule has 2 amide bonds. The first-order chi connectivity index (χ1) is 21.0. The molecule has 0 aromatic carbocycles. The molecule has 4 unspecified atom stereocenters. The first kappa shape index (κ1) is 33.1. The highest BCUT2D eigenvalue weighted by molar-refractivity contribution is 5.80. The summed E-state index contributed by atoms with van der Waals surface area (Å²) < 4.78 is 12.0. The number of carbonyl (C=O) groups is 4. The molecule has 3 N–H and O–H groups in total. The fourth-order valence-electron chi connectivity index (χ4n) is 8.34. The van der Waals surface area contributed by atoms with Crippen molar-refractivity contribution in [3.63, 3.8) is 0 Å². The van der Waals surface area contributed by atoms with Crippen molar-refractivity contribution in [1.29, 1.82) is 0 Å². The van der Waals surface area contributed by atoms with Crippen molar-refractivity contribution in [1.82, 2.24) is 19.6 Å². The van der Waals surface area contributed by atoms with E-state index >= 15 is 0 Å². The van der Waals surface area contributed by atoms with Crippen molar-refractivity contribution in [2.75, 3.05) is 65.6 Å². The quantitative estimate of drug-likeness (QED) is 0.314. The number of carboxylic acids is 2. The second kappa shape index (κ2) is 14.0. The molecular formula is C31H50N4O9. The second-order valence-corrected chi connectivity index (χ2v) is 13.9. The van der Waals surface area contributed by atoms with Crippen LogP contribution in [0.1, 0.15) is 71.1 Å². The SMILES string of the molecule is CC1COC2(CCN(C(=O)CN(CC(=O)O)C3CCCCC3N(CC(=O)O)CC(=O)N3CCC4(CC3)CC(O)CO4)CC2)C1. The third-order valence-corrected chi connectivity index (χ3v) is 10.6. The number of likely N-dealkylation sites (tertiary alicyclic amines) is 2. The minimum atomic E-state index is -1.06. The standard InChI is InChI=1S/C31H50N4O9/c1-22-14-30(43-20-22)6-10-32(11-7-30)26(37)16-34(18-28(39)40)24-4-2-3-5-25(24)35(19-29(41)42)17-27(38)33-12-8-31(9-13-33)15-23(36)21-44-31/h22-25,36H,2-21H2,1H3,(H,39,40)(H,41,42). The zero-order valence-electron chi connectivity index (χ0n) is 26.0. The van der Waals surface area contributed by atoms with Crippen LogP contribution in [0.15, 0.2) is 0 Å². The number of carbonyl (C=O) groups excluding carboxylic acids is 2. The molecule has 4 aliphatic heterocycles. The molecule has 0 radical (unpaired) electrons. The Bertz CT molecular complexity index is 975. The van der Waals surface area contributed by atoms with E-state index in [1.807, 2.05) is 0 Å². The minimum Gasteiger partial charge on any atom is -0.480 e. The number of aliphatic hydroxyl groups is 1. The molecule has 44 heavy (non-hydrogen) atoms. The Hall–Kier alpha value is -2.32. The smallest absolute Gasteiger partial charge is 0.317 e. The van der Waals surface area contributed by atoms with Crippen LogP contribution in [0.25, 0.3) is 0 Å². The minimum absolute atomic E-state index is 0.0629. The van der Waals surface area contributed by atoms with Gasteiger partial charge in [-0.1, -0.05) is 19.8 Å². The van der Waals surface area contributed by atoms with Gasteiger partial charge in [-0.25, -0.2) is 0 Å².